The van der Waals surface area contributed by atoms with Crippen LogP contribution < -0.4 is 15.5 Å². The zero-order valence-electron chi connectivity index (χ0n) is 23.0. The number of hydrogen-bond acceptors (Lipinski definition) is 6. The molecule has 1 saturated carbocycles. The largest absolute Gasteiger partial charge is 0.489 e. The van der Waals surface area contributed by atoms with Crippen LogP contribution in [-0.4, -0.2) is 62.0 Å². The highest BCUT2D eigenvalue weighted by Gasteiger charge is 2.34. The fraction of sp³-hybridized carbons (Fsp3) is 0.424. The fourth-order valence-electron chi connectivity index (χ4n) is 5.59. The van der Waals surface area contributed by atoms with Crippen molar-refractivity contribution in [1.29, 1.82) is 0 Å². The lowest BCUT2D eigenvalue weighted by molar-refractivity contribution is -0.186. The van der Waals surface area contributed by atoms with Gasteiger partial charge in [-0.2, -0.15) is 0 Å². The van der Waals surface area contributed by atoms with Gasteiger partial charge in [0.05, 0.1) is 0 Å². The lowest BCUT2D eigenvalue weighted by Gasteiger charge is -2.22. The van der Waals surface area contributed by atoms with Crippen molar-refractivity contribution in [3.05, 3.63) is 83.4 Å². The number of hydroxylamine groups is 1. The fourth-order valence-corrected chi connectivity index (χ4v) is 5.59. The monoisotopic (exact) mass is 541 g/mol. The van der Waals surface area contributed by atoms with Crippen molar-refractivity contribution >= 4 is 22.8 Å². The maximum Gasteiger partial charge on any atom is 0.274 e. The van der Waals surface area contributed by atoms with E-state index in [2.05, 4.69) is 40.0 Å². The van der Waals surface area contributed by atoms with Crippen molar-refractivity contribution in [2.24, 2.45) is 0 Å². The molecule has 0 bridgehead atoms. The van der Waals surface area contributed by atoms with Crippen molar-refractivity contribution in [1.82, 2.24) is 15.7 Å². The van der Waals surface area contributed by atoms with Crippen LogP contribution in [0.4, 0.5) is 0 Å². The van der Waals surface area contributed by atoms with Crippen LogP contribution in [0.15, 0.2) is 72.3 Å². The minimum absolute atomic E-state index is 0.271. The highest BCUT2D eigenvalue weighted by molar-refractivity contribution is 5.93. The first-order valence-corrected chi connectivity index (χ1v) is 14.7. The summed E-state index contributed by atoms with van der Waals surface area (Å²) in [5.41, 5.74) is 5.27. The van der Waals surface area contributed by atoms with Crippen molar-refractivity contribution in [3.63, 3.8) is 0 Å². The summed E-state index contributed by atoms with van der Waals surface area (Å²) >= 11 is 0. The molecule has 7 heteroatoms. The molecule has 2 aliphatic heterocycles. The van der Waals surface area contributed by atoms with Gasteiger partial charge in [-0.05, 0) is 66.8 Å². The van der Waals surface area contributed by atoms with Gasteiger partial charge in [-0.1, -0.05) is 54.6 Å². The normalized spacial score (nSPS) is 21.9. The molecule has 210 valence electrons. The summed E-state index contributed by atoms with van der Waals surface area (Å²) in [4.78, 5) is 20.6. The molecule has 2 saturated heterocycles. The predicted octanol–water partition coefficient (Wildman–Crippen LogP) is 5.32. The maximum atomic E-state index is 12.6. The number of carbonyl (C=O) groups is 1. The Bertz CT molecular complexity index is 1310. The molecule has 3 aromatic rings. The molecule has 0 spiro atoms. The van der Waals surface area contributed by atoms with Gasteiger partial charge in [0.25, 0.3) is 5.91 Å². The summed E-state index contributed by atoms with van der Waals surface area (Å²) < 4.78 is 11.9. The first-order chi connectivity index (χ1) is 19.7. The van der Waals surface area contributed by atoms with E-state index in [9.17, 15) is 4.79 Å². The van der Waals surface area contributed by atoms with Gasteiger partial charge in [0.2, 0.25) is 0 Å². The number of nitrogens with one attached hydrogen (secondary N) is 2. The number of nitrogens with zero attached hydrogens (tertiary/aromatic N) is 1. The second-order valence-corrected chi connectivity index (χ2v) is 11.1. The van der Waals surface area contributed by atoms with E-state index in [1.165, 1.54) is 31.2 Å². The summed E-state index contributed by atoms with van der Waals surface area (Å²) in [6.45, 7) is 4.22. The quantitative estimate of drug-likeness (QED) is 0.321. The number of amides is 1. The molecule has 3 fully saturated rings. The number of hydrogen-bond donors (Lipinski definition) is 2. The van der Waals surface area contributed by atoms with E-state index in [-0.39, 0.29) is 12.2 Å². The number of rotatable bonds is 11. The Hall–Kier alpha value is -3.23. The van der Waals surface area contributed by atoms with E-state index in [1.54, 1.807) is 0 Å². The zero-order chi connectivity index (χ0) is 27.1. The van der Waals surface area contributed by atoms with E-state index >= 15 is 0 Å². The minimum atomic E-state index is -0.368. The van der Waals surface area contributed by atoms with Crippen LogP contribution in [-0.2, 0) is 9.57 Å². The molecule has 1 amide bonds. The molecule has 2 N–H and O–H groups in total. The Morgan fingerprint density at radius 2 is 1.82 bits per heavy atom. The van der Waals surface area contributed by atoms with Gasteiger partial charge >= 0.3 is 0 Å². The summed E-state index contributed by atoms with van der Waals surface area (Å²) in [6.07, 6.45) is 8.56. The third-order valence-electron chi connectivity index (χ3n) is 8.03. The number of carbonyl (C=O) groups excluding carboxylic acids is 1. The average Bonchev–Trinajstić information content (AvgIpc) is 3.75. The Morgan fingerprint density at radius 3 is 2.65 bits per heavy atom. The number of benzene rings is 3. The molecule has 0 radical (unpaired) electrons. The lowest BCUT2D eigenvalue weighted by atomic mass is 10.1. The van der Waals surface area contributed by atoms with Gasteiger partial charge in [-0.25, -0.2) is 10.3 Å². The summed E-state index contributed by atoms with van der Waals surface area (Å²) in [5.74, 6) is 0.617. The van der Waals surface area contributed by atoms with Crippen molar-refractivity contribution < 1.29 is 19.1 Å². The Labute approximate surface area is 236 Å². The van der Waals surface area contributed by atoms with Gasteiger partial charge in [0.15, 0.2) is 6.29 Å². The highest BCUT2D eigenvalue weighted by atomic mass is 16.8. The van der Waals surface area contributed by atoms with Crippen LogP contribution in [0.25, 0.3) is 16.8 Å². The van der Waals surface area contributed by atoms with E-state index in [0.29, 0.717) is 24.8 Å². The molecular formula is C33H39N3O4. The van der Waals surface area contributed by atoms with Gasteiger partial charge in [-0.15, -0.1) is 0 Å². The predicted molar refractivity (Wildman–Crippen MR) is 157 cm³/mol. The topological polar surface area (TPSA) is 72.1 Å². The number of likely N-dealkylation sites (tertiary alicyclic amines) is 1. The Morgan fingerprint density at radius 1 is 0.975 bits per heavy atom. The third-order valence-corrected chi connectivity index (χ3v) is 8.03. The first-order valence-electron chi connectivity index (χ1n) is 14.7. The smallest absolute Gasteiger partial charge is 0.274 e. The van der Waals surface area contributed by atoms with E-state index in [0.717, 1.165) is 60.7 Å². The second-order valence-electron chi connectivity index (χ2n) is 11.1. The molecular weight excluding hydrogens is 502 g/mol. The van der Waals surface area contributed by atoms with Crippen molar-refractivity contribution in [2.45, 2.75) is 56.9 Å². The van der Waals surface area contributed by atoms with Crippen LogP contribution in [0.1, 0.15) is 54.4 Å². The summed E-state index contributed by atoms with van der Waals surface area (Å²) in [5, 5.41) is 6.07. The number of ether oxygens (including phenoxy) is 2. The Kier molecular flexibility index (Phi) is 8.74. The molecule has 40 heavy (non-hydrogen) atoms. The van der Waals surface area contributed by atoms with Crippen LogP contribution >= 0.6 is 0 Å². The number of fused-ring (bicyclic) bond motifs is 1. The van der Waals surface area contributed by atoms with Gasteiger partial charge in [-0.3, -0.25) is 9.69 Å². The van der Waals surface area contributed by atoms with E-state index < -0.39 is 0 Å². The van der Waals surface area contributed by atoms with Crippen LogP contribution in [0.5, 0.6) is 5.75 Å². The lowest BCUT2D eigenvalue weighted by Crippen LogP contribution is -2.35. The molecule has 7 nitrogen and oxygen atoms in total. The molecule has 6 rings (SSSR count). The standard InChI is InChI=1S/C33H39N3O4/c37-33(35-40-32-10-3-4-19-38-32)27-13-11-24(12-14-27)20-25(21-34-28-17-18-36(22-28)29-15-16-29)23-39-31-9-5-7-26-6-1-2-8-30(26)31/h1-2,5-9,11-14,20,28-29,32,34H,3-4,10,15-19,21-23H2,(H,35,37)/b25-20-. The summed E-state index contributed by atoms with van der Waals surface area (Å²) in [7, 11) is 0. The average molecular weight is 542 g/mol. The van der Waals surface area contributed by atoms with E-state index in [4.69, 9.17) is 14.3 Å². The van der Waals surface area contributed by atoms with Crippen LogP contribution in [0.2, 0.25) is 0 Å². The first kappa shape index (κ1) is 27.0. The van der Waals surface area contributed by atoms with Crippen molar-refractivity contribution in [2.75, 3.05) is 32.8 Å². The molecule has 1 aliphatic carbocycles. The van der Waals surface area contributed by atoms with Crippen LogP contribution in [0.3, 0.4) is 0 Å². The van der Waals surface area contributed by atoms with Crippen molar-refractivity contribution in [3.8, 4) is 5.75 Å². The Balaban J connectivity index is 1.11. The molecule has 2 atom stereocenters. The maximum absolute atomic E-state index is 12.6. The highest BCUT2D eigenvalue weighted by Crippen LogP contribution is 2.30. The second kappa shape index (κ2) is 13.0. The minimum Gasteiger partial charge on any atom is -0.489 e. The SMILES string of the molecule is O=C(NOC1CCCCO1)c1ccc(/C=C(/CNC2CCN(C3CC3)C2)COc2cccc3ccccc23)cc1. The molecule has 3 aliphatic rings. The molecule has 2 heterocycles. The van der Waals surface area contributed by atoms with Crippen LogP contribution in [0, 0.1) is 0 Å². The summed E-state index contributed by atoms with van der Waals surface area (Å²) in [6, 6.07) is 23.4. The van der Waals surface area contributed by atoms with Gasteiger partial charge < -0.3 is 14.8 Å². The molecule has 0 aromatic heterocycles. The molecule has 3 aromatic carbocycles. The van der Waals surface area contributed by atoms with Gasteiger partial charge in [0, 0.05) is 55.7 Å². The third kappa shape index (κ3) is 7.09. The van der Waals surface area contributed by atoms with Gasteiger partial charge in [0.1, 0.15) is 12.4 Å². The zero-order valence-corrected chi connectivity index (χ0v) is 23.0. The molecule has 2 unspecified atom stereocenters. The van der Waals surface area contributed by atoms with E-state index in [1.807, 2.05) is 48.5 Å².